The third kappa shape index (κ3) is 5.07. The van der Waals surface area contributed by atoms with Crippen molar-refractivity contribution in [1.29, 1.82) is 0 Å². The van der Waals surface area contributed by atoms with E-state index in [4.69, 9.17) is 10.2 Å². The summed E-state index contributed by atoms with van der Waals surface area (Å²) < 4.78 is 0. The minimum atomic E-state index is -1.26. The molecular weight excluding hydrogens is 294 g/mol. The molecule has 5 nitrogen and oxygen atoms in total. The Morgan fingerprint density at radius 3 is 2.09 bits per heavy atom. The lowest BCUT2D eigenvalue weighted by Gasteiger charge is -2.03. The standard InChI is InChI=1S/C14H13N.C4H4O4/c1-2-5-13-10-14-12(6-3-9-15-14)8-7-11(13)4-1;5-3(6)1-2-4(7)8/h1-6,9H,7-8,10H2;1-2H,(H,5,6)(H,7,8)/b;2-1+. The Morgan fingerprint density at radius 1 is 0.870 bits per heavy atom. The van der Waals surface area contributed by atoms with Gasteiger partial charge in [-0.2, -0.15) is 0 Å². The molecule has 1 aliphatic rings. The molecule has 0 spiro atoms. The molecule has 0 radical (unpaired) electrons. The van der Waals surface area contributed by atoms with Gasteiger partial charge in [0.1, 0.15) is 0 Å². The zero-order valence-corrected chi connectivity index (χ0v) is 12.5. The van der Waals surface area contributed by atoms with Crippen LogP contribution in [0.15, 0.2) is 54.7 Å². The number of aromatic nitrogens is 1. The van der Waals surface area contributed by atoms with Crippen LogP contribution in [0.25, 0.3) is 0 Å². The summed E-state index contributed by atoms with van der Waals surface area (Å²) >= 11 is 0. The topological polar surface area (TPSA) is 87.5 Å². The Balaban J connectivity index is 0.000000207. The minimum absolute atomic E-state index is 0.558. The number of aryl methyl sites for hydroxylation is 2. The van der Waals surface area contributed by atoms with Crippen molar-refractivity contribution in [3.8, 4) is 0 Å². The predicted molar refractivity (Wildman–Crippen MR) is 85.3 cm³/mol. The maximum Gasteiger partial charge on any atom is 0.328 e. The zero-order valence-electron chi connectivity index (χ0n) is 12.5. The van der Waals surface area contributed by atoms with Crippen LogP contribution in [0.4, 0.5) is 0 Å². The lowest BCUT2D eigenvalue weighted by atomic mass is 10.0. The van der Waals surface area contributed by atoms with Crippen molar-refractivity contribution in [2.45, 2.75) is 19.3 Å². The largest absolute Gasteiger partial charge is 0.478 e. The highest BCUT2D eigenvalue weighted by Crippen LogP contribution is 2.22. The molecule has 1 heterocycles. The van der Waals surface area contributed by atoms with E-state index in [1.165, 1.54) is 22.4 Å². The predicted octanol–water partition coefficient (Wildman–Crippen LogP) is 2.48. The van der Waals surface area contributed by atoms with Crippen molar-refractivity contribution in [2.24, 2.45) is 0 Å². The third-order valence-corrected chi connectivity index (χ3v) is 3.49. The summed E-state index contributed by atoms with van der Waals surface area (Å²) in [5.41, 5.74) is 5.58. The van der Waals surface area contributed by atoms with Crippen molar-refractivity contribution < 1.29 is 19.8 Å². The Kier molecular flexibility index (Phi) is 5.63. The highest BCUT2D eigenvalue weighted by molar-refractivity contribution is 5.89. The molecule has 1 aromatic heterocycles. The molecule has 0 aliphatic heterocycles. The SMILES string of the molecule is O=C(O)/C=C/C(=O)O.c1ccc2c(c1)CCc1cccnc1C2. The Bertz CT molecular complexity index is 676. The second-order valence-corrected chi connectivity index (χ2v) is 5.06. The lowest BCUT2D eigenvalue weighted by Crippen LogP contribution is -1.95. The van der Waals surface area contributed by atoms with Gasteiger partial charge < -0.3 is 10.2 Å². The van der Waals surface area contributed by atoms with E-state index in [9.17, 15) is 9.59 Å². The molecule has 0 saturated carbocycles. The Labute approximate surface area is 133 Å². The van der Waals surface area contributed by atoms with Crippen LogP contribution in [-0.4, -0.2) is 27.1 Å². The van der Waals surface area contributed by atoms with E-state index >= 15 is 0 Å². The first-order valence-electron chi connectivity index (χ1n) is 7.19. The van der Waals surface area contributed by atoms with Gasteiger partial charge in [0.2, 0.25) is 0 Å². The molecule has 0 saturated heterocycles. The number of rotatable bonds is 2. The van der Waals surface area contributed by atoms with E-state index in [-0.39, 0.29) is 0 Å². The summed E-state index contributed by atoms with van der Waals surface area (Å²) in [6.07, 6.45) is 6.28. The molecule has 2 N–H and O–H groups in total. The maximum absolute atomic E-state index is 9.55. The molecule has 1 aromatic carbocycles. The van der Waals surface area contributed by atoms with E-state index in [1.54, 1.807) is 0 Å². The molecule has 0 bridgehead atoms. The molecule has 118 valence electrons. The van der Waals surface area contributed by atoms with Crippen molar-refractivity contribution in [3.63, 3.8) is 0 Å². The summed E-state index contributed by atoms with van der Waals surface area (Å²) in [6, 6.07) is 12.9. The number of carboxylic acids is 2. The van der Waals surface area contributed by atoms with Gasteiger partial charge in [0.15, 0.2) is 0 Å². The van der Waals surface area contributed by atoms with Gasteiger partial charge in [-0.05, 0) is 35.6 Å². The van der Waals surface area contributed by atoms with E-state index in [0.29, 0.717) is 12.2 Å². The normalized spacial score (nSPS) is 12.3. The summed E-state index contributed by atoms with van der Waals surface area (Å²) in [5.74, 6) is -2.51. The fourth-order valence-electron chi connectivity index (χ4n) is 2.42. The number of nitrogens with zero attached hydrogens (tertiary/aromatic N) is 1. The number of carbonyl (C=O) groups is 2. The average molecular weight is 311 g/mol. The van der Waals surface area contributed by atoms with Crippen molar-refractivity contribution in [2.75, 3.05) is 0 Å². The number of aliphatic carboxylic acids is 2. The van der Waals surface area contributed by atoms with Crippen molar-refractivity contribution in [3.05, 3.63) is 77.1 Å². The van der Waals surface area contributed by atoms with Crippen LogP contribution in [-0.2, 0) is 28.9 Å². The van der Waals surface area contributed by atoms with Gasteiger partial charge in [-0.15, -0.1) is 0 Å². The van der Waals surface area contributed by atoms with Gasteiger partial charge in [0.25, 0.3) is 0 Å². The molecule has 0 unspecified atom stereocenters. The first kappa shape index (κ1) is 16.4. The summed E-state index contributed by atoms with van der Waals surface area (Å²) in [6.45, 7) is 0. The molecule has 5 heteroatoms. The summed E-state index contributed by atoms with van der Waals surface area (Å²) in [5, 5.41) is 15.6. The van der Waals surface area contributed by atoms with Gasteiger partial charge in [0.05, 0.1) is 0 Å². The number of carboxylic acid groups (broad SMARTS) is 2. The van der Waals surface area contributed by atoms with Crippen LogP contribution in [0.1, 0.15) is 22.4 Å². The van der Waals surface area contributed by atoms with E-state index < -0.39 is 11.9 Å². The fraction of sp³-hybridized carbons (Fsp3) is 0.167. The van der Waals surface area contributed by atoms with Gasteiger partial charge in [0, 0.05) is 30.5 Å². The van der Waals surface area contributed by atoms with E-state index in [0.717, 1.165) is 19.3 Å². The maximum atomic E-state index is 9.55. The van der Waals surface area contributed by atoms with Gasteiger partial charge in [-0.3, -0.25) is 4.98 Å². The lowest BCUT2D eigenvalue weighted by molar-refractivity contribution is -0.134. The average Bonchev–Trinajstić information content (AvgIpc) is 2.72. The first-order valence-corrected chi connectivity index (χ1v) is 7.19. The molecule has 23 heavy (non-hydrogen) atoms. The molecule has 0 fully saturated rings. The summed E-state index contributed by atoms with van der Waals surface area (Å²) in [7, 11) is 0. The second-order valence-electron chi connectivity index (χ2n) is 5.06. The molecule has 2 aromatic rings. The van der Waals surface area contributed by atoms with Gasteiger partial charge in [-0.25, -0.2) is 9.59 Å². The molecular formula is C18H17NO4. The Morgan fingerprint density at radius 2 is 1.43 bits per heavy atom. The minimum Gasteiger partial charge on any atom is -0.478 e. The highest BCUT2D eigenvalue weighted by Gasteiger charge is 2.12. The molecule has 1 aliphatic carbocycles. The van der Waals surface area contributed by atoms with Crippen molar-refractivity contribution >= 4 is 11.9 Å². The van der Waals surface area contributed by atoms with Crippen LogP contribution in [0.5, 0.6) is 0 Å². The van der Waals surface area contributed by atoms with Crippen LogP contribution < -0.4 is 0 Å². The molecule has 3 rings (SSSR count). The third-order valence-electron chi connectivity index (χ3n) is 3.49. The number of benzene rings is 1. The number of hydrogen-bond donors (Lipinski definition) is 2. The van der Waals surface area contributed by atoms with Crippen LogP contribution in [0.3, 0.4) is 0 Å². The number of fused-ring (bicyclic) bond motifs is 2. The molecule has 0 amide bonds. The summed E-state index contributed by atoms with van der Waals surface area (Å²) in [4.78, 5) is 23.6. The van der Waals surface area contributed by atoms with Gasteiger partial charge >= 0.3 is 11.9 Å². The van der Waals surface area contributed by atoms with E-state index in [1.807, 2.05) is 12.3 Å². The van der Waals surface area contributed by atoms with Crippen molar-refractivity contribution in [1.82, 2.24) is 4.98 Å². The first-order chi connectivity index (χ1) is 11.1. The number of pyridine rings is 1. The smallest absolute Gasteiger partial charge is 0.328 e. The van der Waals surface area contributed by atoms with Crippen LogP contribution >= 0.6 is 0 Å². The highest BCUT2D eigenvalue weighted by atomic mass is 16.4. The van der Waals surface area contributed by atoms with Crippen LogP contribution in [0, 0.1) is 0 Å². The van der Waals surface area contributed by atoms with Crippen LogP contribution in [0.2, 0.25) is 0 Å². The second kappa shape index (κ2) is 7.89. The quantitative estimate of drug-likeness (QED) is 0.832. The zero-order chi connectivity index (χ0) is 16.7. The number of hydrogen-bond acceptors (Lipinski definition) is 3. The fourth-order valence-corrected chi connectivity index (χ4v) is 2.42. The van der Waals surface area contributed by atoms with Gasteiger partial charge in [-0.1, -0.05) is 30.3 Å². The molecule has 0 atom stereocenters. The monoisotopic (exact) mass is 311 g/mol. The Hall–Kier alpha value is -2.95. The van der Waals surface area contributed by atoms with E-state index in [2.05, 4.69) is 35.3 Å².